The molecule has 198 valence electrons. The van der Waals surface area contributed by atoms with Crippen molar-refractivity contribution in [2.75, 3.05) is 33.0 Å². The summed E-state index contributed by atoms with van der Waals surface area (Å²) in [6.07, 6.45) is 27.0. The Morgan fingerprint density at radius 2 is 0.788 bits per heavy atom. The summed E-state index contributed by atoms with van der Waals surface area (Å²) in [6.45, 7) is 7.35. The van der Waals surface area contributed by atoms with Gasteiger partial charge in [0.05, 0.1) is 19.8 Å². The van der Waals surface area contributed by atoms with E-state index in [0.29, 0.717) is 32.8 Å². The van der Waals surface area contributed by atoms with Crippen LogP contribution in [0.3, 0.4) is 0 Å². The van der Waals surface area contributed by atoms with Crippen LogP contribution < -0.4 is 0 Å². The van der Waals surface area contributed by atoms with Gasteiger partial charge in [-0.15, -0.1) is 0 Å². The zero-order chi connectivity index (χ0) is 24.1. The van der Waals surface area contributed by atoms with Gasteiger partial charge in [-0.1, -0.05) is 129 Å². The predicted octanol–water partition coefficient (Wildman–Crippen LogP) is 8.79. The summed E-state index contributed by atoms with van der Waals surface area (Å²) in [4.78, 5) is 11.6. The first-order valence-corrected chi connectivity index (χ1v) is 14.6. The second kappa shape index (κ2) is 29.4. The fraction of sp³-hybridized carbons (Fsp3) is 0.966. The second-order valence-corrected chi connectivity index (χ2v) is 9.56. The Hall–Kier alpha value is -0.610. The monoisotopic (exact) mass is 470 g/mol. The van der Waals surface area contributed by atoms with E-state index in [2.05, 4.69) is 13.8 Å². The van der Waals surface area contributed by atoms with Crippen molar-refractivity contribution in [2.24, 2.45) is 0 Å². The fourth-order valence-electron chi connectivity index (χ4n) is 4.06. The van der Waals surface area contributed by atoms with Crippen LogP contribution in [-0.2, 0) is 19.0 Å². The molecule has 0 bridgehead atoms. The third-order valence-electron chi connectivity index (χ3n) is 6.24. The van der Waals surface area contributed by atoms with Gasteiger partial charge in [-0.3, -0.25) is 4.79 Å². The minimum atomic E-state index is -0.0943. The molecule has 0 aromatic carbocycles. The van der Waals surface area contributed by atoms with Crippen molar-refractivity contribution in [3.05, 3.63) is 0 Å². The van der Waals surface area contributed by atoms with Gasteiger partial charge in [0, 0.05) is 13.0 Å². The lowest BCUT2D eigenvalue weighted by atomic mass is 10.0. The van der Waals surface area contributed by atoms with Crippen molar-refractivity contribution in [1.29, 1.82) is 0 Å². The van der Waals surface area contributed by atoms with E-state index in [0.717, 1.165) is 25.9 Å². The molecule has 0 aliphatic heterocycles. The summed E-state index contributed by atoms with van der Waals surface area (Å²) in [6, 6.07) is 0. The van der Waals surface area contributed by atoms with Crippen LogP contribution in [0.5, 0.6) is 0 Å². The van der Waals surface area contributed by atoms with Crippen molar-refractivity contribution in [2.45, 2.75) is 149 Å². The van der Waals surface area contributed by atoms with Gasteiger partial charge < -0.3 is 14.2 Å². The average Bonchev–Trinajstić information content (AvgIpc) is 2.82. The van der Waals surface area contributed by atoms with E-state index >= 15 is 0 Å². The van der Waals surface area contributed by atoms with Gasteiger partial charge in [-0.05, 0) is 12.8 Å². The smallest absolute Gasteiger partial charge is 0.305 e. The molecule has 0 aromatic heterocycles. The maximum Gasteiger partial charge on any atom is 0.305 e. The molecule has 0 heterocycles. The van der Waals surface area contributed by atoms with Gasteiger partial charge in [0.2, 0.25) is 0 Å². The number of carbonyl (C=O) groups is 1. The van der Waals surface area contributed by atoms with Crippen LogP contribution in [0.4, 0.5) is 0 Å². The largest absolute Gasteiger partial charge is 0.463 e. The fourth-order valence-corrected chi connectivity index (χ4v) is 4.06. The van der Waals surface area contributed by atoms with Crippen LogP contribution in [0.15, 0.2) is 0 Å². The molecule has 0 aromatic rings. The lowest BCUT2D eigenvalue weighted by Crippen LogP contribution is -2.13. The Morgan fingerprint density at radius 3 is 1.27 bits per heavy atom. The number of rotatable bonds is 28. The maximum atomic E-state index is 11.6. The van der Waals surface area contributed by atoms with Crippen molar-refractivity contribution in [1.82, 2.24) is 0 Å². The van der Waals surface area contributed by atoms with Crippen LogP contribution in [0, 0.1) is 0 Å². The zero-order valence-corrected chi connectivity index (χ0v) is 22.5. The van der Waals surface area contributed by atoms with Crippen molar-refractivity contribution in [3.63, 3.8) is 0 Å². The third kappa shape index (κ3) is 29.4. The molecule has 0 amide bonds. The van der Waals surface area contributed by atoms with Gasteiger partial charge in [0.1, 0.15) is 6.61 Å². The number of hydrogen-bond donors (Lipinski definition) is 0. The lowest BCUT2D eigenvalue weighted by molar-refractivity contribution is -0.145. The van der Waals surface area contributed by atoms with Gasteiger partial charge in [-0.25, -0.2) is 0 Å². The third-order valence-corrected chi connectivity index (χ3v) is 6.24. The number of unbranched alkanes of at least 4 members (excludes halogenated alkanes) is 18. The average molecular weight is 471 g/mol. The molecule has 0 aliphatic carbocycles. The quantitative estimate of drug-likeness (QED) is 0.0846. The second-order valence-electron chi connectivity index (χ2n) is 9.56. The molecular formula is C29H58O4. The minimum Gasteiger partial charge on any atom is -0.463 e. The Kier molecular flexibility index (Phi) is 28.9. The molecule has 0 saturated carbocycles. The normalized spacial score (nSPS) is 11.2. The summed E-state index contributed by atoms with van der Waals surface area (Å²) in [5.41, 5.74) is 0. The number of hydrogen-bond acceptors (Lipinski definition) is 4. The van der Waals surface area contributed by atoms with E-state index in [1.807, 2.05) is 0 Å². The predicted molar refractivity (Wildman–Crippen MR) is 141 cm³/mol. The van der Waals surface area contributed by atoms with Gasteiger partial charge in [0.15, 0.2) is 0 Å². The maximum absolute atomic E-state index is 11.6. The molecule has 0 radical (unpaired) electrons. The molecule has 0 unspecified atom stereocenters. The van der Waals surface area contributed by atoms with E-state index in [-0.39, 0.29) is 5.97 Å². The first kappa shape index (κ1) is 32.4. The first-order valence-electron chi connectivity index (χ1n) is 14.6. The highest BCUT2D eigenvalue weighted by Crippen LogP contribution is 2.13. The summed E-state index contributed by atoms with van der Waals surface area (Å²) < 4.78 is 16.3. The van der Waals surface area contributed by atoms with E-state index in [1.54, 1.807) is 0 Å². The van der Waals surface area contributed by atoms with Gasteiger partial charge in [0.25, 0.3) is 0 Å². The molecule has 0 spiro atoms. The Morgan fingerprint density at radius 1 is 0.424 bits per heavy atom. The van der Waals surface area contributed by atoms with Crippen molar-refractivity contribution < 1.29 is 19.0 Å². The molecule has 4 heteroatoms. The van der Waals surface area contributed by atoms with E-state index in [4.69, 9.17) is 14.2 Å². The molecule has 0 atom stereocenters. The van der Waals surface area contributed by atoms with E-state index < -0.39 is 0 Å². The van der Waals surface area contributed by atoms with Crippen LogP contribution in [-0.4, -0.2) is 39.0 Å². The highest BCUT2D eigenvalue weighted by Gasteiger charge is 2.02. The summed E-state index contributed by atoms with van der Waals surface area (Å²) in [5.74, 6) is -0.0943. The number of ether oxygens (including phenoxy) is 3. The molecule has 0 rings (SSSR count). The van der Waals surface area contributed by atoms with E-state index in [1.165, 1.54) is 109 Å². The standard InChI is InChI=1S/C29H58O4/c1-3-5-7-9-11-12-13-14-15-16-17-18-20-22-24-31-25-26-32-27-28-33-29(30)23-21-19-10-8-6-4-2/h3-28H2,1-2H3. The van der Waals surface area contributed by atoms with Crippen LogP contribution >= 0.6 is 0 Å². The topological polar surface area (TPSA) is 44.8 Å². The minimum absolute atomic E-state index is 0.0943. The molecule has 4 nitrogen and oxygen atoms in total. The summed E-state index contributed by atoms with van der Waals surface area (Å²) in [7, 11) is 0. The van der Waals surface area contributed by atoms with Gasteiger partial charge in [-0.2, -0.15) is 0 Å². The first-order chi connectivity index (χ1) is 16.3. The molecule has 0 aliphatic rings. The van der Waals surface area contributed by atoms with Crippen LogP contribution in [0.25, 0.3) is 0 Å². The molecule has 0 saturated heterocycles. The highest BCUT2D eigenvalue weighted by atomic mass is 16.6. The summed E-state index contributed by atoms with van der Waals surface area (Å²) in [5, 5.41) is 0. The molecule has 0 N–H and O–H groups in total. The molecular weight excluding hydrogens is 412 g/mol. The van der Waals surface area contributed by atoms with E-state index in [9.17, 15) is 4.79 Å². The SMILES string of the molecule is CCCCCCCCCCCCCCCCOCCOCCOC(=O)CCCCCCCC. The summed E-state index contributed by atoms with van der Waals surface area (Å²) >= 11 is 0. The zero-order valence-electron chi connectivity index (χ0n) is 22.5. The lowest BCUT2D eigenvalue weighted by Gasteiger charge is -2.07. The Bertz CT molecular complexity index is 373. The number of esters is 1. The van der Waals surface area contributed by atoms with Crippen molar-refractivity contribution >= 4 is 5.97 Å². The Labute approximate surface area is 206 Å². The van der Waals surface area contributed by atoms with Crippen LogP contribution in [0.2, 0.25) is 0 Å². The van der Waals surface area contributed by atoms with Gasteiger partial charge >= 0.3 is 5.97 Å². The highest BCUT2D eigenvalue weighted by molar-refractivity contribution is 5.69. The Balaban J connectivity index is 3.09. The number of carbonyl (C=O) groups excluding carboxylic acids is 1. The van der Waals surface area contributed by atoms with Crippen LogP contribution in [0.1, 0.15) is 149 Å². The van der Waals surface area contributed by atoms with Crippen molar-refractivity contribution in [3.8, 4) is 0 Å². The molecule has 33 heavy (non-hydrogen) atoms. The molecule has 0 fully saturated rings.